The van der Waals surface area contributed by atoms with E-state index < -0.39 is 61.4 Å². The van der Waals surface area contributed by atoms with Crippen LogP contribution in [0.3, 0.4) is 0 Å². The van der Waals surface area contributed by atoms with E-state index in [9.17, 15) is 30.6 Å². The lowest BCUT2D eigenvalue weighted by Gasteiger charge is -2.53. The normalized spacial score (nSPS) is 56.5. The number of aliphatic hydroxyl groups excluding tert-OH is 6. The van der Waals surface area contributed by atoms with E-state index in [0.717, 1.165) is 0 Å². The Kier molecular flexibility index (Phi) is 4.19. The third-order valence-electron chi connectivity index (χ3n) is 4.37. The first-order valence-corrected chi connectivity index (χ1v) is 6.95. The molecule has 8 atom stereocenters. The van der Waals surface area contributed by atoms with Crippen molar-refractivity contribution in [2.75, 3.05) is 26.4 Å². The van der Waals surface area contributed by atoms with Crippen molar-refractivity contribution in [3.63, 3.8) is 0 Å². The van der Waals surface area contributed by atoms with Gasteiger partial charge in [0.2, 0.25) is 11.6 Å². The highest BCUT2D eigenvalue weighted by Crippen LogP contribution is 2.38. The Balaban J connectivity index is 1.72. The molecular formula is C12H20O10. The molecule has 3 fully saturated rings. The quantitative estimate of drug-likeness (QED) is 0.257. The lowest BCUT2D eigenvalue weighted by atomic mass is 9.93. The highest BCUT2D eigenvalue weighted by atomic mass is 16.8. The van der Waals surface area contributed by atoms with Crippen LogP contribution in [-0.2, 0) is 18.9 Å². The minimum absolute atomic E-state index is 0.265. The molecule has 0 saturated carbocycles. The maximum absolute atomic E-state index is 10.0. The Morgan fingerprint density at radius 1 is 0.591 bits per heavy atom. The van der Waals surface area contributed by atoms with Gasteiger partial charge in [-0.1, -0.05) is 0 Å². The minimum atomic E-state index is -1.70. The van der Waals surface area contributed by atoms with Gasteiger partial charge in [-0.15, -0.1) is 0 Å². The van der Waals surface area contributed by atoms with Crippen LogP contribution in [0.1, 0.15) is 0 Å². The van der Waals surface area contributed by atoms with Crippen molar-refractivity contribution in [3.05, 3.63) is 0 Å². The molecule has 128 valence electrons. The fourth-order valence-corrected chi connectivity index (χ4v) is 2.80. The van der Waals surface area contributed by atoms with Crippen molar-refractivity contribution < 1.29 is 49.6 Å². The molecule has 0 amide bonds. The molecule has 0 unspecified atom stereocenters. The van der Waals surface area contributed by atoms with Crippen molar-refractivity contribution >= 4 is 0 Å². The molecule has 3 saturated heterocycles. The second kappa shape index (κ2) is 5.60. The highest BCUT2D eigenvalue weighted by molar-refractivity contribution is 5.00. The lowest BCUT2D eigenvalue weighted by Crippen LogP contribution is -2.72. The summed E-state index contributed by atoms with van der Waals surface area (Å²) in [6, 6.07) is 0. The third kappa shape index (κ3) is 2.36. The summed E-state index contributed by atoms with van der Waals surface area (Å²) in [5.41, 5.74) is 0. The lowest BCUT2D eigenvalue weighted by molar-refractivity contribution is -0.450. The zero-order chi connectivity index (χ0) is 16.1. The van der Waals surface area contributed by atoms with Crippen molar-refractivity contribution in [2.45, 2.75) is 48.2 Å². The van der Waals surface area contributed by atoms with Gasteiger partial charge in [0.15, 0.2) is 0 Å². The average Bonchev–Trinajstić information content (AvgIpc) is 2.53. The standard InChI is InChI=1S/C12H20O10/c13-5-1-19-11(9(17)7(5)15)3-22-12(4-21-11)10(18)8(16)6(14)2-20-12/h5-10,13-18H,1-4H2/t5-,6-,7+,8+,9+,10+,11+,12+/m1/s1. The number of rotatable bonds is 0. The van der Waals surface area contributed by atoms with Crippen LogP contribution < -0.4 is 0 Å². The summed E-state index contributed by atoms with van der Waals surface area (Å²) in [6.45, 7) is -1.34. The average molecular weight is 324 g/mol. The van der Waals surface area contributed by atoms with Crippen LogP contribution in [-0.4, -0.2) is 105 Å². The fourth-order valence-electron chi connectivity index (χ4n) is 2.80. The Hall–Kier alpha value is -0.400. The van der Waals surface area contributed by atoms with E-state index in [-0.39, 0.29) is 13.2 Å². The van der Waals surface area contributed by atoms with Crippen LogP contribution in [0.4, 0.5) is 0 Å². The van der Waals surface area contributed by atoms with E-state index in [1.165, 1.54) is 0 Å². The molecule has 0 aromatic heterocycles. The van der Waals surface area contributed by atoms with E-state index >= 15 is 0 Å². The van der Waals surface area contributed by atoms with Gasteiger partial charge in [0.25, 0.3) is 0 Å². The molecule has 10 nitrogen and oxygen atoms in total. The monoisotopic (exact) mass is 324 g/mol. The van der Waals surface area contributed by atoms with E-state index in [0.29, 0.717) is 0 Å². The largest absolute Gasteiger partial charge is 0.388 e. The molecule has 6 N–H and O–H groups in total. The number of hydrogen-bond acceptors (Lipinski definition) is 10. The van der Waals surface area contributed by atoms with Gasteiger partial charge >= 0.3 is 0 Å². The molecule has 3 heterocycles. The molecule has 0 bridgehead atoms. The molecule has 0 aromatic carbocycles. The molecular weight excluding hydrogens is 304 g/mol. The molecule has 2 spiro atoms. The molecule has 3 rings (SSSR count). The van der Waals surface area contributed by atoms with Crippen LogP contribution in [0.15, 0.2) is 0 Å². The van der Waals surface area contributed by atoms with Crippen molar-refractivity contribution in [2.24, 2.45) is 0 Å². The van der Waals surface area contributed by atoms with Crippen molar-refractivity contribution in [3.8, 4) is 0 Å². The molecule has 0 aliphatic carbocycles. The zero-order valence-electron chi connectivity index (χ0n) is 11.6. The van der Waals surface area contributed by atoms with Gasteiger partial charge < -0.3 is 49.6 Å². The first-order chi connectivity index (χ1) is 10.3. The highest BCUT2D eigenvalue weighted by Gasteiger charge is 2.60. The summed E-state index contributed by atoms with van der Waals surface area (Å²) in [5.74, 6) is -3.40. The Morgan fingerprint density at radius 2 is 0.955 bits per heavy atom. The fraction of sp³-hybridized carbons (Fsp3) is 1.00. The number of hydrogen-bond donors (Lipinski definition) is 6. The van der Waals surface area contributed by atoms with Crippen LogP contribution in [0.5, 0.6) is 0 Å². The number of ether oxygens (including phenoxy) is 4. The topological polar surface area (TPSA) is 158 Å². The van der Waals surface area contributed by atoms with Crippen molar-refractivity contribution in [1.29, 1.82) is 0 Å². The van der Waals surface area contributed by atoms with Crippen LogP contribution in [0, 0.1) is 0 Å². The van der Waals surface area contributed by atoms with Gasteiger partial charge in [0.05, 0.1) is 13.2 Å². The molecule has 0 aromatic rings. The Morgan fingerprint density at radius 3 is 1.27 bits per heavy atom. The number of aliphatic hydroxyl groups is 6. The maximum Gasteiger partial charge on any atom is 0.221 e. The SMILES string of the molecule is O[C@H]1[C@H](O)CO[C@]2(CO[C@]3(CO2)OC[C@@H](O)[C@H](O)[C@@H]3O)[C@H]1O. The summed E-state index contributed by atoms with van der Waals surface area (Å²) >= 11 is 0. The second-order valence-electron chi connectivity index (χ2n) is 5.83. The molecule has 3 aliphatic rings. The summed E-state index contributed by atoms with van der Waals surface area (Å²) in [4.78, 5) is 0. The zero-order valence-corrected chi connectivity index (χ0v) is 11.6. The predicted octanol–water partition coefficient (Wildman–Crippen LogP) is -4.35. The summed E-state index contributed by atoms with van der Waals surface area (Å²) in [7, 11) is 0. The van der Waals surface area contributed by atoms with Gasteiger partial charge in [-0.2, -0.15) is 0 Å². The van der Waals surface area contributed by atoms with Gasteiger partial charge in [0.1, 0.15) is 49.8 Å². The summed E-state index contributed by atoms with van der Waals surface area (Å²) < 4.78 is 21.4. The van der Waals surface area contributed by atoms with E-state index in [2.05, 4.69) is 0 Å². The van der Waals surface area contributed by atoms with E-state index in [1.54, 1.807) is 0 Å². The van der Waals surface area contributed by atoms with Crippen LogP contribution >= 0.6 is 0 Å². The first-order valence-electron chi connectivity index (χ1n) is 6.95. The molecule has 3 aliphatic heterocycles. The van der Waals surface area contributed by atoms with Gasteiger partial charge in [-0.05, 0) is 0 Å². The van der Waals surface area contributed by atoms with E-state index in [4.69, 9.17) is 18.9 Å². The van der Waals surface area contributed by atoms with Crippen molar-refractivity contribution in [1.82, 2.24) is 0 Å². The summed E-state index contributed by atoms with van der Waals surface area (Å²) in [5, 5.41) is 58.4. The third-order valence-corrected chi connectivity index (χ3v) is 4.37. The Bertz CT molecular complexity index is 371. The van der Waals surface area contributed by atoms with Gasteiger partial charge in [-0.3, -0.25) is 0 Å². The maximum atomic E-state index is 10.0. The Labute approximate surface area is 125 Å². The second-order valence-corrected chi connectivity index (χ2v) is 5.83. The molecule has 22 heavy (non-hydrogen) atoms. The van der Waals surface area contributed by atoms with Crippen LogP contribution in [0.2, 0.25) is 0 Å². The smallest absolute Gasteiger partial charge is 0.221 e. The summed E-state index contributed by atoms with van der Waals surface area (Å²) in [6.07, 6.45) is -8.59. The first kappa shape index (κ1) is 16.5. The predicted molar refractivity (Wildman–Crippen MR) is 65.3 cm³/mol. The molecule has 0 radical (unpaired) electrons. The van der Waals surface area contributed by atoms with Gasteiger partial charge in [0, 0.05) is 0 Å². The molecule has 10 heteroatoms. The van der Waals surface area contributed by atoms with Crippen LogP contribution in [0.25, 0.3) is 0 Å². The van der Waals surface area contributed by atoms with E-state index in [1.807, 2.05) is 0 Å². The van der Waals surface area contributed by atoms with Gasteiger partial charge in [-0.25, -0.2) is 0 Å². The minimum Gasteiger partial charge on any atom is -0.388 e.